The number of aliphatic hydroxyl groups excluding tert-OH is 1. The molecule has 0 bridgehead atoms. The molecule has 0 spiro atoms. The molecule has 3 aromatic rings. The van der Waals surface area contributed by atoms with E-state index in [9.17, 15) is 14.7 Å². The summed E-state index contributed by atoms with van der Waals surface area (Å²) in [6.07, 6.45) is 2.49. The van der Waals surface area contributed by atoms with Gasteiger partial charge >= 0.3 is 0 Å². The van der Waals surface area contributed by atoms with Crippen LogP contribution in [0.1, 0.15) is 29.4 Å². The summed E-state index contributed by atoms with van der Waals surface area (Å²) in [5.41, 5.74) is 2.44. The number of methoxy groups -OCH3 is 1. The first-order valence-corrected chi connectivity index (χ1v) is 12.2. The Hall–Kier alpha value is -3.69. The fourth-order valence-electron chi connectivity index (χ4n) is 5.06. The van der Waals surface area contributed by atoms with Crippen molar-refractivity contribution in [1.82, 2.24) is 19.2 Å². The van der Waals surface area contributed by atoms with Crippen molar-refractivity contribution < 1.29 is 24.2 Å². The van der Waals surface area contributed by atoms with E-state index >= 15 is 0 Å². The lowest BCUT2D eigenvalue weighted by Gasteiger charge is -2.29. The maximum atomic E-state index is 13.4. The fraction of sp³-hybridized carbons (Fsp3) is 0.370. The van der Waals surface area contributed by atoms with Gasteiger partial charge in [0.2, 0.25) is 0 Å². The fourth-order valence-corrected chi connectivity index (χ4v) is 5.06. The number of ketones is 1. The van der Waals surface area contributed by atoms with Crippen LogP contribution in [0.25, 0.3) is 11.4 Å². The Labute approximate surface area is 209 Å². The van der Waals surface area contributed by atoms with Crippen LogP contribution < -0.4 is 4.74 Å². The molecule has 2 aliphatic rings. The van der Waals surface area contributed by atoms with Crippen LogP contribution in [0.4, 0.5) is 0 Å². The summed E-state index contributed by atoms with van der Waals surface area (Å²) in [7, 11) is 1.58. The molecule has 1 aromatic carbocycles. The molecular formula is C27H30N4O5. The Balaban J connectivity index is 1.55. The molecule has 36 heavy (non-hydrogen) atoms. The highest BCUT2D eigenvalue weighted by molar-refractivity contribution is 6.46. The lowest BCUT2D eigenvalue weighted by Crippen LogP contribution is -2.38. The number of benzene rings is 1. The predicted octanol–water partition coefficient (Wildman–Crippen LogP) is 2.80. The number of carbonyl (C=O) groups is 2. The van der Waals surface area contributed by atoms with Crippen LogP contribution >= 0.6 is 0 Å². The van der Waals surface area contributed by atoms with E-state index in [0.717, 1.165) is 25.2 Å². The number of fused-ring (bicyclic) bond motifs is 1. The van der Waals surface area contributed by atoms with Crippen LogP contribution in [0.5, 0.6) is 5.75 Å². The minimum absolute atomic E-state index is 0.0743. The average molecular weight is 491 g/mol. The van der Waals surface area contributed by atoms with Gasteiger partial charge in [-0.15, -0.1) is 0 Å². The molecule has 5 rings (SSSR count). The summed E-state index contributed by atoms with van der Waals surface area (Å²) in [6, 6.07) is 12.1. The average Bonchev–Trinajstić information content (AvgIpc) is 3.37. The molecule has 2 fully saturated rings. The summed E-state index contributed by atoms with van der Waals surface area (Å²) in [5, 5.41) is 11.5. The number of ether oxygens (including phenoxy) is 2. The Morgan fingerprint density at radius 2 is 1.86 bits per heavy atom. The van der Waals surface area contributed by atoms with Gasteiger partial charge in [-0.2, -0.15) is 0 Å². The quantitative estimate of drug-likeness (QED) is 0.309. The molecule has 0 aliphatic carbocycles. The van der Waals surface area contributed by atoms with Gasteiger partial charge in [-0.05, 0) is 43.2 Å². The number of amides is 1. The molecule has 0 saturated carbocycles. The number of nitrogens with zero attached hydrogens (tertiary/aromatic N) is 4. The van der Waals surface area contributed by atoms with Crippen molar-refractivity contribution in [3.8, 4) is 5.75 Å². The van der Waals surface area contributed by atoms with Crippen molar-refractivity contribution in [2.45, 2.75) is 19.4 Å². The minimum atomic E-state index is -0.714. The molecule has 2 aliphatic heterocycles. The van der Waals surface area contributed by atoms with Crippen LogP contribution in [0.2, 0.25) is 0 Å². The van der Waals surface area contributed by atoms with Crippen molar-refractivity contribution in [2.24, 2.45) is 0 Å². The molecule has 188 valence electrons. The number of pyridine rings is 1. The Bertz CT molecular complexity index is 1310. The van der Waals surface area contributed by atoms with Crippen molar-refractivity contribution in [3.05, 3.63) is 71.2 Å². The van der Waals surface area contributed by atoms with Gasteiger partial charge in [0.25, 0.3) is 11.7 Å². The van der Waals surface area contributed by atoms with Gasteiger partial charge in [0.15, 0.2) is 5.76 Å². The predicted molar refractivity (Wildman–Crippen MR) is 134 cm³/mol. The largest absolute Gasteiger partial charge is 0.505 e. The van der Waals surface area contributed by atoms with Crippen LogP contribution in [0.15, 0.2) is 54.2 Å². The van der Waals surface area contributed by atoms with Crippen molar-refractivity contribution >= 4 is 23.1 Å². The molecule has 4 heterocycles. The van der Waals surface area contributed by atoms with E-state index < -0.39 is 17.7 Å². The van der Waals surface area contributed by atoms with Gasteiger partial charge in [0.1, 0.15) is 17.1 Å². The number of likely N-dealkylation sites (tertiary alicyclic amines) is 1. The third kappa shape index (κ3) is 4.36. The molecule has 1 N–H and O–H groups in total. The molecule has 0 radical (unpaired) electrons. The van der Waals surface area contributed by atoms with Crippen LogP contribution in [-0.4, -0.2) is 82.5 Å². The van der Waals surface area contributed by atoms with E-state index in [4.69, 9.17) is 9.47 Å². The zero-order valence-electron chi connectivity index (χ0n) is 20.5. The van der Waals surface area contributed by atoms with Crippen molar-refractivity contribution in [1.29, 1.82) is 0 Å². The molecule has 2 aromatic heterocycles. The minimum Gasteiger partial charge on any atom is -0.505 e. The van der Waals surface area contributed by atoms with Crippen LogP contribution in [0, 0.1) is 6.92 Å². The highest BCUT2D eigenvalue weighted by atomic mass is 16.5. The van der Waals surface area contributed by atoms with Gasteiger partial charge in [0, 0.05) is 32.4 Å². The summed E-state index contributed by atoms with van der Waals surface area (Å²) < 4.78 is 12.4. The number of aryl methyl sites for hydroxylation is 1. The van der Waals surface area contributed by atoms with Gasteiger partial charge in [-0.1, -0.05) is 18.2 Å². The summed E-state index contributed by atoms with van der Waals surface area (Å²) in [4.78, 5) is 35.0. The monoisotopic (exact) mass is 490 g/mol. The van der Waals surface area contributed by atoms with Crippen molar-refractivity contribution in [3.63, 3.8) is 0 Å². The third-order valence-corrected chi connectivity index (χ3v) is 6.88. The number of aromatic nitrogens is 2. The SMILES string of the molecule is COc1ccc([C@@H]2C(=C(O)c3c(C)nc4ccccn34)C(=O)C(=O)N2CCCN2CCOCC2)cc1. The Morgan fingerprint density at radius 1 is 1.11 bits per heavy atom. The van der Waals surface area contributed by atoms with Gasteiger partial charge in [-0.25, -0.2) is 4.98 Å². The normalized spacial score (nSPS) is 20.4. The maximum absolute atomic E-state index is 13.4. The molecule has 9 heteroatoms. The topological polar surface area (TPSA) is 96.6 Å². The van der Waals surface area contributed by atoms with E-state index in [2.05, 4.69) is 9.88 Å². The van der Waals surface area contributed by atoms with E-state index in [-0.39, 0.29) is 11.3 Å². The second-order valence-electron chi connectivity index (χ2n) is 9.05. The Morgan fingerprint density at radius 3 is 2.58 bits per heavy atom. The summed E-state index contributed by atoms with van der Waals surface area (Å²) in [5.74, 6) is -0.850. The first-order valence-electron chi connectivity index (χ1n) is 12.2. The second kappa shape index (κ2) is 10.1. The van der Waals surface area contributed by atoms with E-state index in [1.165, 1.54) is 0 Å². The van der Waals surface area contributed by atoms with Gasteiger partial charge in [-0.3, -0.25) is 18.9 Å². The first-order chi connectivity index (χ1) is 17.5. The smallest absolute Gasteiger partial charge is 0.295 e. The lowest BCUT2D eigenvalue weighted by atomic mass is 9.96. The molecule has 2 saturated heterocycles. The molecule has 1 atom stereocenters. The second-order valence-corrected chi connectivity index (χ2v) is 9.05. The van der Waals surface area contributed by atoms with Crippen LogP contribution in [0.3, 0.4) is 0 Å². The molecule has 9 nitrogen and oxygen atoms in total. The number of morpholine rings is 1. The maximum Gasteiger partial charge on any atom is 0.295 e. The number of Topliss-reactive ketones (excluding diaryl/α,β-unsaturated/α-hetero) is 1. The van der Waals surface area contributed by atoms with Crippen molar-refractivity contribution in [2.75, 3.05) is 46.5 Å². The number of aliphatic hydroxyl groups is 1. The highest BCUT2D eigenvalue weighted by Gasteiger charge is 2.46. The number of carbonyl (C=O) groups excluding carboxylic acids is 2. The lowest BCUT2D eigenvalue weighted by molar-refractivity contribution is -0.140. The van der Waals surface area contributed by atoms with E-state index in [1.807, 2.05) is 30.3 Å². The zero-order chi connectivity index (χ0) is 25.2. The molecule has 0 unspecified atom stereocenters. The third-order valence-electron chi connectivity index (χ3n) is 6.88. The molecule has 1 amide bonds. The Kier molecular flexibility index (Phi) is 6.75. The number of hydrogen-bond acceptors (Lipinski definition) is 7. The van der Waals surface area contributed by atoms with Gasteiger partial charge < -0.3 is 19.5 Å². The number of rotatable bonds is 7. The van der Waals surface area contributed by atoms with E-state index in [0.29, 0.717) is 49.0 Å². The van der Waals surface area contributed by atoms with Crippen LogP contribution in [-0.2, 0) is 14.3 Å². The first kappa shape index (κ1) is 24.0. The molecular weight excluding hydrogens is 460 g/mol. The van der Waals surface area contributed by atoms with E-state index in [1.54, 1.807) is 41.7 Å². The van der Waals surface area contributed by atoms with Gasteiger partial charge in [0.05, 0.1) is 37.6 Å². The highest BCUT2D eigenvalue weighted by Crippen LogP contribution is 2.40. The number of hydrogen-bond donors (Lipinski definition) is 1. The standard InChI is InChI=1S/C27H30N4O5/c1-18-23(30-12-4-3-6-21(30)28-18)25(32)22-24(19-7-9-20(35-2)10-8-19)31(27(34)26(22)33)13-5-11-29-14-16-36-17-15-29/h3-4,6-10,12,24,32H,5,11,13-17H2,1-2H3/t24-/m1/s1. The zero-order valence-corrected chi connectivity index (χ0v) is 20.5. The summed E-state index contributed by atoms with van der Waals surface area (Å²) in [6.45, 7) is 6.09. The summed E-state index contributed by atoms with van der Waals surface area (Å²) >= 11 is 0. The number of imidazole rings is 1.